The Hall–Kier alpha value is -1.42. The molecule has 2 rings (SSSR count). The third-order valence-electron chi connectivity index (χ3n) is 2.83. The van der Waals surface area contributed by atoms with E-state index in [1.165, 1.54) is 0 Å². The Kier molecular flexibility index (Phi) is 5.95. The van der Waals surface area contributed by atoms with Gasteiger partial charge in [0, 0.05) is 10.7 Å². The highest BCUT2D eigenvalue weighted by atomic mass is 35.5. The van der Waals surface area contributed by atoms with Crippen molar-refractivity contribution in [2.45, 2.75) is 13.3 Å². The molecule has 0 heterocycles. The van der Waals surface area contributed by atoms with Crippen molar-refractivity contribution >= 4 is 46.4 Å². The minimum absolute atomic E-state index is 0.327. The van der Waals surface area contributed by atoms with Crippen LogP contribution in [0.15, 0.2) is 36.4 Å². The molecule has 0 aliphatic heterocycles. The lowest BCUT2D eigenvalue weighted by molar-refractivity contribution is 0.102. The van der Waals surface area contributed by atoms with E-state index in [4.69, 9.17) is 39.5 Å². The second-order valence-corrected chi connectivity index (χ2v) is 5.82. The van der Waals surface area contributed by atoms with Gasteiger partial charge in [0.25, 0.3) is 5.91 Å². The zero-order chi connectivity index (χ0) is 16.1. The van der Waals surface area contributed by atoms with Gasteiger partial charge < -0.3 is 10.1 Å². The summed E-state index contributed by atoms with van der Waals surface area (Å²) < 4.78 is 5.58. The number of amides is 1. The monoisotopic (exact) mass is 357 g/mol. The fourth-order valence-electron chi connectivity index (χ4n) is 1.79. The van der Waals surface area contributed by atoms with Gasteiger partial charge in [0.2, 0.25) is 0 Å². The number of hydrogen-bond donors (Lipinski definition) is 1. The average Bonchev–Trinajstić information content (AvgIpc) is 2.49. The quantitative estimate of drug-likeness (QED) is 0.746. The number of ether oxygens (including phenoxy) is 1. The van der Waals surface area contributed by atoms with Crippen molar-refractivity contribution in [3.8, 4) is 5.75 Å². The number of anilines is 1. The Morgan fingerprint density at radius 1 is 1.09 bits per heavy atom. The van der Waals surface area contributed by atoms with Crippen molar-refractivity contribution in [3.63, 3.8) is 0 Å². The molecule has 0 radical (unpaired) electrons. The topological polar surface area (TPSA) is 38.3 Å². The number of benzene rings is 2. The lowest BCUT2D eigenvalue weighted by Crippen LogP contribution is -2.14. The van der Waals surface area contributed by atoms with Crippen LogP contribution in [0.2, 0.25) is 15.1 Å². The van der Waals surface area contributed by atoms with Gasteiger partial charge in [-0.2, -0.15) is 0 Å². The first kappa shape index (κ1) is 16.9. The summed E-state index contributed by atoms with van der Waals surface area (Å²) in [5, 5.41) is 4.00. The molecule has 0 aromatic heterocycles. The fourth-order valence-corrected chi connectivity index (χ4v) is 2.26. The maximum absolute atomic E-state index is 12.4. The Morgan fingerprint density at radius 2 is 1.86 bits per heavy atom. The molecule has 0 aliphatic carbocycles. The Balaban J connectivity index is 2.24. The van der Waals surface area contributed by atoms with Crippen molar-refractivity contribution in [1.82, 2.24) is 0 Å². The lowest BCUT2D eigenvalue weighted by atomic mass is 10.1. The van der Waals surface area contributed by atoms with E-state index in [2.05, 4.69) is 5.32 Å². The van der Waals surface area contributed by atoms with Gasteiger partial charge in [-0.15, -0.1) is 0 Å². The standard InChI is InChI=1S/C16H14Cl3NO2/c1-2-7-22-15-6-3-10(17)8-12(15)16(21)20-11-4-5-13(18)14(19)9-11/h3-6,8-9H,2,7H2,1H3,(H,20,21). The van der Waals surface area contributed by atoms with Gasteiger partial charge in [0.1, 0.15) is 5.75 Å². The van der Waals surface area contributed by atoms with Crippen molar-refractivity contribution in [2.75, 3.05) is 11.9 Å². The van der Waals surface area contributed by atoms with Crippen molar-refractivity contribution in [2.24, 2.45) is 0 Å². The summed E-state index contributed by atoms with van der Waals surface area (Å²) in [4.78, 5) is 12.4. The second-order valence-electron chi connectivity index (χ2n) is 4.57. The molecule has 0 fully saturated rings. The highest BCUT2D eigenvalue weighted by Gasteiger charge is 2.14. The molecule has 3 nitrogen and oxygen atoms in total. The van der Waals surface area contributed by atoms with Gasteiger partial charge in [-0.1, -0.05) is 41.7 Å². The molecule has 6 heteroatoms. The van der Waals surface area contributed by atoms with Crippen LogP contribution in [-0.2, 0) is 0 Å². The van der Waals surface area contributed by atoms with Crippen LogP contribution in [0.25, 0.3) is 0 Å². The minimum atomic E-state index is -0.327. The summed E-state index contributed by atoms with van der Waals surface area (Å²) in [5.74, 6) is 0.163. The van der Waals surface area contributed by atoms with Crippen LogP contribution in [0.1, 0.15) is 23.7 Å². The van der Waals surface area contributed by atoms with Crippen LogP contribution in [-0.4, -0.2) is 12.5 Å². The van der Waals surface area contributed by atoms with E-state index in [9.17, 15) is 4.79 Å². The fraction of sp³-hybridized carbons (Fsp3) is 0.188. The van der Waals surface area contributed by atoms with E-state index in [1.807, 2.05) is 6.92 Å². The third-order valence-corrected chi connectivity index (χ3v) is 3.80. The first-order valence-corrected chi connectivity index (χ1v) is 7.83. The summed E-state index contributed by atoms with van der Waals surface area (Å²) in [7, 11) is 0. The molecule has 0 saturated heterocycles. The molecular formula is C16H14Cl3NO2. The second kappa shape index (κ2) is 7.73. The maximum Gasteiger partial charge on any atom is 0.259 e. The number of nitrogens with one attached hydrogen (secondary N) is 1. The van der Waals surface area contributed by atoms with Crippen LogP contribution >= 0.6 is 34.8 Å². The number of halogens is 3. The molecule has 0 atom stereocenters. The van der Waals surface area contributed by atoms with Gasteiger partial charge in [0.05, 0.1) is 22.2 Å². The minimum Gasteiger partial charge on any atom is -0.493 e. The van der Waals surface area contributed by atoms with Crippen molar-refractivity contribution in [1.29, 1.82) is 0 Å². The van der Waals surface area contributed by atoms with E-state index < -0.39 is 0 Å². The summed E-state index contributed by atoms with van der Waals surface area (Å²) >= 11 is 17.8. The van der Waals surface area contributed by atoms with Crippen molar-refractivity contribution in [3.05, 3.63) is 57.0 Å². The average molecular weight is 359 g/mol. The first-order valence-electron chi connectivity index (χ1n) is 6.70. The highest BCUT2D eigenvalue weighted by Crippen LogP contribution is 2.27. The molecule has 116 valence electrons. The number of hydrogen-bond acceptors (Lipinski definition) is 2. The Labute approximate surface area is 144 Å². The van der Waals surface area contributed by atoms with Gasteiger partial charge in [-0.3, -0.25) is 4.79 Å². The smallest absolute Gasteiger partial charge is 0.259 e. The first-order chi connectivity index (χ1) is 10.5. The zero-order valence-corrected chi connectivity index (χ0v) is 14.1. The predicted octanol–water partition coefficient (Wildman–Crippen LogP) is 5.69. The number of carbonyl (C=O) groups excluding carboxylic acids is 1. The molecule has 0 bridgehead atoms. The van der Waals surface area contributed by atoms with Crippen LogP contribution in [0.3, 0.4) is 0 Å². The number of carbonyl (C=O) groups is 1. The SMILES string of the molecule is CCCOc1ccc(Cl)cc1C(=O)Nc1ccc(Cl)c(Cl)c1. The molecule has 2 aromatic carbocycles. The van der Waals surface area contributed by atoms with Gasteiger partial charge in [-0.25, -0.2) is 0 Å². The third kappa shape index (κ3) is 4.29. The lowest BCUT2D eigenvalue weighted by Gasteiger charge is -2.12. The molecule has 0 unspecified atom stereocenters. The normalized spacial score (nSPS) is 10.4. The maximum atomic E-state index is 12.4. The van der Waals surface area contributed by atoms with E-state index in [0.717, 1.165) is 6.42 Å². The summed E-state index contributed by atoms with van der Waals surface area (Å²) in [6.07, 6.45) is 0.844. The van der Waals surface area contributed by atoms with Gasteiger partial charge >= 0.3 is 0 Å². The van der Waals surface area contributed by atoms with Crippen LogP contribution < -0.4 is 10.1 Å². The van der Waals surface area contributed by atoms with Crippen LogP contribution in [0.5, 0.6) is 5.75 Å². The van der Waals surface area contributed by atoms with Crippen molar-refractivity contribution < 1.29 is 9.53 Å². The van der Waals surface area contributed by atoms with E-state index >= 15 is 0 Å². The van der Waals surface area contributed by atoms with E-state index in [-0.39, 0.29) is 5.91 Å². The zero-order valence-electron chi connectivity index (χ0n) is 11.8. The molecule has 1 amide bonds. The summed E-state index contributed by atoms with van der Waals surface area (Å²) in [5.41, 5.74) is 0.910. The van der Waals surface area contributed by atoms with Crippen LogP contribution in [0.4, 0.5) is 5.69 Å². The van der Waals surface area contributed by atoms with Gasteiger partial charge in [0.15, 0.2) is 0 Å². The summed E-state index contributed by atoms with van der Waals surface area (Å²) in [6.45, 7) is 2.51. The molecule has 1 N–H and O–H groups in total. The van der Waals surface area contributed by atoms with Gasteiger partial charge in [-0.05, 0) is 42.8 Å². The summed E-state index contributed by atoms with van der Waals surface area (Å²) in [6, 6.07) is 9.80. The predicted molar refractivity (Wildman–Crippen MR) is 91.7 cm³/mol. The Morgan fingerprint density at radius 3 is 2.55 bits per heavy atom. The molecule has 0 saturated carbocycles. The van der Waals surface area contributed by atoms with E-state index in [0.29, 0.717) is 38.7 Å². The van der Waals surface area contributed by atoms with E-state index in [1.54, 1.807) is 36.4 Å². The number of rotatable bonds is 5. The molecular weight excluding hydrogens is 345 g/mol. The molecule has 0 spiro atoms. The van der Waals surface area contributed by atoms with Crippen LogP contribution in [0, 0.1) is 0 Å². The highest BCUT2D eigenvalue weighted by molar-refractivity contribution is 6.42. The largest absolute Gasteiger partial charge is 0.493 e. The molecule has 2 aromatic rings. The molecule has 0 aliphatic rings. The molecule has 22 heavy (non-hydrogen) atoms. The Bertz CT molecular complexity index is 689.